The van der Waals surface area contributed by atoms with E-state index in [9.17, 15) is 0 Å². The molecule has 4 atom stereocenters. The summed E-state index contributed by atoms with van der Waals surface area (Å²) in [6, 6.07) is 20.6. The SMILES string of the molecule is C=CC1(Br)C(Br)=C(Br)C(Br)=C(Br)C1(Cc1ccccc1)OC1(Cc2ccccc2)C(Br)=C(Br)C(Br)=C(Br)C1(Br)C=C. The van der Waals surface area contributed by atoms with Gasteiger partial charge < -0.3 is 4.74 Å². The fraction of sp³-hybridized carbons (Fsp3) is 0.200. The molecule has 0 fully saturated rings. The second-order valence-corrected chi connectivity index (χ2v) is 18.3. The molecule has 0 saturated heterocycles. The molecule has 0 saturated carbocycles. The van der Waals surface area contributed by atoms with Gasteiger partial charge in [-0.1, -0.05) is 168 Å². The number of allylic oxidation sites excluding steroid dienone is 4. The monoisotopic (exact) mass is 1190 g/mol. The van der Waals surface area contributed by atoms with E-state index in [-0.39, 0.29) is 0 Å². The summed E-state index contributed by atoms with van der Waals surface area (Å²) in [7, 11) is 0. The van der Waals surface area contributed by atoms with Crippen LogP contribution in [0.1, 0.15) is 11.1 Å². The molecule has 0 aliphatic heterocycles. The molecule has 2 aromatic carbocycles. The maximum atomic E-state index is 7.86. The molecule has 4 rings (SSSR count). The Labute approximate surface area is 325 Å². The van der Waals surface area contributed by atoms with Gasteiger partial charge in [0, 0.05) is 48.7 Å². The Balaban J connectivity index is 2.15. The Morgan fingerprint density at radius 1 is 0.512 bits per heavy atom. The molecule has 1 nitrogen and oxygen atoms in total. The maximum absolute atomic E-state index is 7.86. The molecule has 4 unspecified atom stereocenters. The van der Waals surface area contributed by atoms with Crippen molar-refractivity contribution in [1.82, 2.24) is 0 Å². The lowest BCUT2D eigenvalue weighted by Gasteiger charge is -2.57. The number of hydrogen-bond donors (Lipinski definition) is 0. The van der Waals surface area contributed by atoms with Crippen molar-refractivity contribution in [2.45, 2.75) is 32.7 Å². The summed E-state index contributed by atoms with van der Waals surface area (Å²) in [4.78, 5) is 0. The molecule has 0 aromatic heterocycles. The Morgan fingerprint density at radius 3 is 1.10 bits per heavy atom. The zero-order chi connectivity index (χ0) is 30.4. The van der Waals surface area contributed by atoms with Gasteiger partial charge in [0.2, 0.25) is 0 Å². The van der Waals surface area contributed by atoms with Crippen LogP contribution in [0.15, 0.2) is 122 Å². The lowest BCUT2D eigenvalue weighted by atomic mass is 9.74. The Kier molecular flexibility index (Phi) is 11.9. The van der Waals surface area contributed by atoms with Crippen LogP contribution in [0.5, 0.6) is 0 Å². The molecule has 41 heavy (non-hydrogen) atoms. The number of halogens is 10. The minimum atomic E-state index is -1.09. The van der Waals surface area contributed by atoms with Crippen LogP contribution in [-0.2, 0) is 17.6 Å². The summed E-state index contributed by atoms with van der Waals surface area (Å²) >= 11 is 39.3. The van der Waals surface area contributed by atoms with Gasteiger partial charge in [0.25, 0.3) is 0 Å². The molecular weight excluding hydrogens is 1180 g/mol. The molecule has 2 aliphatic rings. The summed E-state index contributed by atoms with van der Waals surface area (Å²) in [6.07, 6.45) is 4.71. The molecular formula is C30H20Br10O. The van der Waals surface area contributed by atoms with Crippen LogP contribution in [-0.4, -0.2) is 19.9 Å². The lowest BCUT2D eigenvalue weighted by molar-refractivity contribution is -0.121. The topological polar surface area (TPSA) is 9.23 Å². The van der Waals surface area contributed by atoms with Crippen molar-refractivity contribution in [3.8, 4) is 0 Å². The van der Waals surface area contributed by atoms with E-state index in [0.29, 0.717) is 12.8 Å². The zero-order valence-corrected chi connectivity index (χ0v) is 36.8. The zero-order valence-electron chi connectivity index (χ0n) is 20.9. The fourth-order valence-corrected chi connectivity index (χ4v) is 13.3. The average Bonchev–Trinajstić information content (AvgIpc) is 2.99. The summed E-state index contributed by atoms with van der Waals surface area (Å²) in [5.41, 5.74) is -0.0301. The molecule has 0 amide bonds. The van der Waals surface area contributed by atoms with Crippen LogP contribution in [0.4, 0.5) is 0 Å². The van der Waals surface area contributed by atoms with E-state index in [2.05, 4.69) is 197 Å². The third-order valence-corrected chi connectivity index (χ3v) is 21.5. The van der Waals surface area contributed by atoms with Crippen LogP contribution in [0.2, 0.25) is 0 Å². The van der Waals surface area contributed by atoms with Crippen molar-refractivity contribution < 1.29 is 4.74 Å². The van der Waals surface area contributed by atoms with Gasteiger partial charge in [0.15, 0.2) is 0 Å². The molecule has 0 N–H and O–H groups in total. The first-order valence-corrected chi connectivity index (χ1v) is 19.9. The van der Waals surface area contributed by atoms with Crippen molar-refractivity contribution in [1.29, 1.82) is 0 Å². The predicted molar refractivity (Wildman–Crippen MR) is 210 cm³/mol. The predicted octanol–water partition coefficient (Wildman–Crippen LogP) is 13.6. The molecule has 2 aliphatic carbocycles. The Morgan fingerprint density at radius 2 is 0.805 bits per heavy atom. The van der Waals surface area contributed by atoms with E-state index in [0.717, 1.165) is 47.0 Å². The van der Waals surface area contributed by atoms with Gasteiger partial charge in [-0.2, -0.15) is 0 Å². The highest BCUT2D eigenvalue weighted by atomic mass is 79.9. The Bertz CT molecular complexity index is 1400. The van der Waals surface area contributed by atoms with Gasteiger partial charge in [-0.25, -0.2) is 0 Å². The van der Waals surface area contributed by atoms with Crippen LogP contribution in [0, 0.1) is 0 Å². The van der Waals surface area contributed by atoms with Gasteiger partial charge in [-0.3, -0.25) is 0 Å². The van der Waals surface area contributed by atoms with E-state index >= 15 is 0 Å². The fourth-order valence-electron chi connectivity index (χ4n) is 5.03. The lowest BCUT2D eigenvalue weighted by Crippen LogP contribution is -2.65. The minimum Gasteiger partial charge on any atom is -0.353 e. The van der Waals surface area contributed by atoms with Gasteiger partial charge >= 0.3 is 0 Å². The quantitative estimate of drug-likeness (QED) is 0.189. The van der Waals surface area contributed by atoms with Gasteiger partial charge in [0.1, 0.15) is 19.9 Å². The minimum absolute atomic E-state index is 0.480. The van der Waals surface area contributed by atoms with E-state index in [4.69, 9.17) is 4.74 Å². The van der Waals surface area contributed by atoms with Crippen molar-refractivity contribution in [2.75, 3.05) is 0 Å². The highest BCUT2D eigenvalue weighted by molar-refractivity contribution is 9.18. The van der Waals surface area contributed by atoms with E-state index in [1.807, 2.05) is 48.6 Å². The number of benzene rings is 2. The normalized spacial score (nSPS) is 30.7. The van der Waals surface area contributed by atoms with E-state index < -0.39 is 19.9 Å². The standard InChI is InChI=1S/C30H20Br10O/c1-3-27(39)23(35)19(31)21(33)25(37)29(27,15-17-11-7-5-8-12-17)41-30(16-18-13-9-6-10-14-18)26(38)22(34)20(32)24(36)28(30,40)4-2/h3-14H,1-2,15-16H2. The summed E-state index contributed by atoms with van der Waals surface area (Å²) in [5, 5.41) is 0. The molecule has 0 heterocycles. The third kappa shape index (κ3) is 5.86. The highest BCUT2D eigenvalue weighted by Crippen LogP contribution is 2.66. The van der Waals surface area contributed by atoms with Gasteiger partial charge in [-0.15, -0.1) is 13.2 Å². The highest BCUT2D eigenvalue weighted by Gasteiger charge is 2.66. The smallest absolute Gasteiger partial charge is 0.129 e. The number of ether oxygens (including phenoxy) is 1. The van der Waals surface area contributed by atoms with Crippen LogP contribution < -0.4 is 0 Å². The van der Waals surface area contributed by atoms with Crippen molar-refractivity contribution in [2.24, 2.45) is 0 Å². The first-order valence-electron chi connectivity index (χ1n) is 11.9. The molecule has 0 radical (unpaired) electrons. The summed E-state index contributed by atoms with van der Waals surface area (Å²) in [6.45, 7) is 8.59. The van der Waals surface area contributed by atoms with Crippen LogP contribution in [0.25, 0.3) is 0 Å². The first-order chi connectivity index (χ1) is 19.3. The van der Waals surface area contributed by atoms with Crippen LogP contribution >= 0.6 is 159 Å². The molecule has 0 bridgehead atoms. The molecule has 2 aromatic rings. The van der Waals surface area contributed by atoms with Gasteiger partial charge in [-0.05, 0) is 74.8 Å². The second kappa shape index (κ2) is 13.8. The van der Waals surface area contributed by atoms with Crippen LogP contribution in [0.3, 0.4) is 0 Å². The largest absolute Gasteiger partial charge is 0.353 e. The van der Waals surface area contributed by atoms with Crippen molar-refractivity contribution in [3.05, 3.63) is 133 Å². The molecule has 216 valence electrons. The van der Waals surface area contributed by atoms with Crippen molar-refractivity contribution in [3.63, 3.8) is 0 Å². The first kappa shape index (κ1) is 35.5. The summed E-state index contributed by atoms with van der Waals surface area (Å²) < 4.78 is 12.6. The molecule has 11 heteroatoms. The molecule has 0 spiro atoms. The number of hydrogen-bond acceptors (Lipinski definition) is 1. The summed E-state index contributed by atoms with van der Waals surface area (Å²) in [5.74, 6) is 0. The number of rotatable bonds is 8. The van der Waals surface area contributed by atoms with Gasteiger partial charge in [0.05, 0.1) is 0 Å². The van der Waals surface area contributed by atoms with E-state index in [1.165, 1.54) is 0 Å². The van der Waals surface area contributed by atoms with E-state index in [1.54, 1.807) is 0 Å². The third-order valence-electron chi connectivity index (χ3n) is 7.18. The van der Waals surface area contributed by atoms with Crippen molar-refractivity contribution >= 4 is 159 Å². The number of alkyl halides is 2. The maximum Gasteiger partial charge on any atom is 0.129 e. The second-order valence-electron chi connectivity index (χ2n) is 9.42. The Hall–Kier alpha value is 1.64. The average molecular weight is 1200 g/mol.